The zero-order valence-electron chi connectivity index (χ0n) is 27.4. The molecule has 0 bridgehead atoms. The molecule has 4 aromatic rings. The summed E-state index contributed by atoms with van der Waals surface area (Å²) in [5.41, 5.74) is 4.09. The van der Waals surface area contributed by atoms with Gasteiger partial charge in [-0.2, -0.15) is 0 Å². The molecule has 1 aliphatic heterocycles. The number of aliphatic hydroxyl groups excluding tert-OH is 2. The van der Waals surface area contributed by atoms with Crippen molar-refractivity contribution in [2.45, 2.75) is 74.0 Å². The van der Waals surface area contributed by atoms with Crippen LogP contribution in [0.3, 0.4) is 0 Å². The minimum Gasteiger partial charge on any atom is -0.497 e. The molecule has 0 amide bonds. The van der Waals surface area contributed by atoms with Crippen molar-refractivity contribution in [3.8, 4) is 22.8 Å². The fourth-order valence-corrected chi connectivity index (χ4v) is 5.04. The van der Waals surface area contributed by atoms with Crippen molar-refractivity contribution in [2.75, 3.05) is 11.9 Å². The van der Waals surface area contributed by atoms with Crippen molar-refractivity contribution < 1.29 is 39.2 Å². The van der Waals surface area contributed by atoms with Gasteiger partial charge in [-0.05, 0) is 58.7 Å². The maximum atomic E-state index is 9.76. The van der Waals surface area contributed by atoms with E-state index in [9.17, 15) is 10.2 Å². The van der Waals surface area contributed by atoms with Crippen molar-refractivity contribution >= 4 is 32.8 Å². The second-order valence-electron chi connectivity index (χ2n) is 12.4. The quantitative estimate of drug-likeness (QED) is 0.207. The van der Waals surface area contributed by atoms with Crippen molar-refractivity contribution in [1.82, 2.24) is 4.98 Å². The molecule has 2 aromatic heterocycles. The molecule has 2 unspecified atom stereocenters. The Morgan fingerprint density at radius 2 is 1.62 bits per heavy atom. The number of aromatic nitrogens is 1. The van der Waals surface area contributed by atoms with Crippen LogP contribution in [-0.4, -0.2) is 34.4 Å². The molecule has 5 rings (SSSR count). The van der Waals surface area contributed by atoms with Crippen LogP contribution in [0, 0.1) is 30.7 Å². The topological polar surface area (TPSA) is 65.8 Å². The van der Waals surface area contributed by atoms with E-state index in [1.165, 1.54) is 4.90 Å². The van der Waals surface area contributed by atoms with E-state index in [1.807, 2.05) is 79.0 Å². The van der Waals surface area contributed by atoms with Crippen molar-refractivity contribution in [3.05, 3.63) is 65.2 Å². The zero-order valence-corrected chi connectivity index (χ0v) is 27.6. The molecule has 1 aliphatic rings. The fraction of sp³-hybridized carbons (Fsp3) is 0.424. The van der Waals surface area contributed by atoms with Gasteiger partial charge >= 0.3 is 0 Å². The summed E-state index contributed by atoms with van der Waals surface area (Å²) in [4.78, 5) is 5.95. The van der Waals surface area contributed by atoms with E-state index < -0.39 is 19.2 Å². The van der Waals surface area contributed by atoms with E-state index in [1.54, 1.807) is 35.7 Å². The van der Waals surface area contributed by atoms with Crippen LogP contribution < -0.4 is 9.64 Å². The number of benzene rings is 2. The number of ether oxygens (including phenoxy) is 1. The van der Waals surface area contributed by atoms with Crippen molar-refractivity contribution in [1.29, 1.82) is 0 Å². The third-order valence-electron chi connectivity index (χ3n) is 7.33. The Bertz CT molecular complexity index is 1560. The monoisotopic (exact) mass is 741 g/mol. The maximum absolute atomic E-state index is 9.76. The Kier molecular flexibility index (Phi) is 8.57. The van der Waals surface area contributed by atoms with E-state index in [-0.39, 0.29) is 30.9 Å². The van der Waals surface area contributed by atoms with Crippen LogP contribution in [0.1, 0.15) is 63.2 Å². The molecule has 7 heteroatoms. The Morgan fingerprint density at radius 1 is 0.975 bits per heavy atom. The standard InChI is InChI=1S/C22H17N2OS.C11H24O2.Ir/c1-13-7-8-18-21(14(13)2)25-22-16(5-4-6-17(22)24(18)3)20-15-10-12-26-19(15)9-11-23-20;1-10(2,3)8(12)7-9(13)11(4,5)6;/h4,6-12H,1-3H3;8-9,12-13H,7H2,1-6H3;/q-1;;/i3D3;;. The van der Waals surface area contributed by atoms with E-state index in [0.29, 0.717) is 34.9 Å². The molecular weight excluding hydrogens is 697 g/mol. The van der Waals surface area contributed by atoms with Gasteiger partial charge in [0.25, 0.3) is 0 Å². The first-order valence-electron chi connectivity index (χ1n) is 14.7. The zero-order chi connectivity index (χ0) is 31.2. The SMILES string of the molecule is CC(C)(C)C(O)CC(O)C(C)(C)C.[2H]C([2H])([2H])N1c2cc[c-]c(-c3nccc4sccc34)c2Oc2c1ccc(C)c2C.[Ir]. The van der Waals surface area contributed by atoms with Crippen LogP contribution in [0.15, 0.2) is 48.0 Å². The number of anilines is 2. The van der Waals surface area contributed by atoms with Gasteiger partial charge in [-0.1, -0.05) is 59.2 Å². The smallest absolute Gasteiger partial charge is 0.141 e. The molecule has 2 N–H and O–H groups in total. The minimum absolute atomic E-state index is 0. The first kappa shape index (κ1) is 27.9. The molecule has 0 aliphatic carbocycles. The van der Waals surface area contributed by atoms with Crippen LogP contribution >= 0.6 is 11.3 Å². The normalized spacial score (nSPS) is 15.7. The van der Waals surface area contributed by atoms with Gasteiger partial charge in [0.2, 0.25) is 0 Å². The Labute approximate surface area is 260 Å². The Hall–Kier alpha value is -2.28. The summed E-state index contributed by atoms with van der Waals surface area (Å²) in [5.74, 6) is 1.03. The summed E-state index contributed by atoms with van der Waals surface area (Å²) in [7, 11) is 0. The van der Waals surface area contributed by atoms with Gasteiger partial charge in [-0.25, -0.2) is 0 Å². The summed E-state index contributed by atoms with van der Waals surface area (Å²) in [6.45, 7) is 13.4. The summed E-state index contributed by atoms with van der Waals surface area (Å²) in [6.07, 6.45) is 1.32. The summed E-state index contributed by atoms with van der Waals surface area (Å²) >= 11 is 1.64. The molecule has 0 saturated heterocycles. The average molecular weight is 741 g/mol. The maximum Gasteiger partial charge on any atom is 0.141 e. The molecule has 5 nitrogen and oxygen atoms in total. The number of rotatable bonds is 3. The van der Waals surface area contributed by atoms with Gasteiger partial charge in [0.15, 0.2) is 0 Å². The van der Waals surface area contributed by atoms with Gasteiger partial charge in [-0.15, -0.1) is 29.5 Å². The first-order valence-corrected chi connectivity index (χ1v) is 14.1. The molecular formula is C33H41IrN2O3S-. The number of thiophene rings is 1. The molecule has 3 heterocycles. The van der Waals surface area contributed by atoms with E-state index in [0.717, 1.165) is 26.9 Å². The third-order valence-corrected chi connectivity index (χ3v) is 8.22. The van der Waals surface area contributed by atoms with Gasteiger partial charge in [0.1, 0.15) is 5.75 Å². The van der Waals surface area contributed by atoms with Crippen molar-refractivity contribution in [2.24, 2.45) is 10.8 Å². The number of pyridine rings is 1. The molecule has 2 aromatic carbocycles. The number of nitrogens with zero attached hydrogens (tertiary/aromatic N) is 2. The molecule has 2 atom stereocenters. The van der Waals surface area contributed by atoms with Gasteiger partial charge in [0, 0.05) is 59.9 Å². The molecule has 217 valence electrons. The molecule has 40 heavy (non-hydrogen) atoms. The first-order chi connectivity index (χ1) is 19.4. The number of aliphatic hydroxyl groups is 2. The van der Waals surface area contributed by atoms with Crippen LogP contribution in [0.5, 0.6) is 11.5 Å². The van der Waals surface area contributed by atoms with Gasteiger partial charge in [0.05, 0.1) is 23.6 Å². The number of aryl methyl sites for hydroxylation is 1. The van der Waals surface area contributed by atoms with Gasteiger partial charge < -0.3 is 24.8 Å². The van der Waals surface area contributed by atoms with Crippen LogP contribution in [-0.2, 0) is 20.1 Å². The predicted octanol–water partition coefficient (Wildman–Crippen LogP) is 8.44. The molecule has 1 radical (unpaired) electrons. The number of hydrogen-bond acceptors (Lipinski definition) is 6. The van der Waals surface area contributed by atoms with Crippen LogP contribution in [0.25, 0.3) is 21.3 Å². The van der Waals surface area contributed by atoms with Crippen LogP contribution in [0.2, 0.25) is 0 Å². The second kappa shape index (κ2) is 12.3. The van der Waals surface area contributed by atoms with Gasteiger partial charge in [-0.3, -0.25) is 0 Å². The van der Waals surface area contributed by atoms with Crippen LogP contribution in [0.4, 0.5) is 11.4 Å². The molecule has 0 fully saturated rings. The number of hydrogen-bond donors (Lipinski definition) is 2. The Balaban J connectivity index is 0.000000310. The molecule has 0 saturated carbocycles. The fourth-order valence-electron chi connectivity index (χ4n) is 4.25. The van der Waals surface area contributed by atoms with E-state index in [4.69, 9.17) is 8.85 Å². The largest absolute Gasteiger partial charge is 0.497 e. The molecule has 0 spiro atoms. The van der Waals surface area contributed by atoms with E-state index >= 15 is 0 Å². The minimum atomic E-state index is -2.37. The predicted molar refractivity (Wildman–Crippen MR) is 163 cm³/mol. The summed E-state index contributed by atoms with van der Waals surface area (Å²) in [5, 5.41) is 22.5. The average Bonchev–Trinajstić information content (AvgIpc) is 3.37. The summed E-state index contributed by atoms with van der Waals surface area (Å²) < 4.78 is 32.0. The van der Waals surface area contributed by atoms with Crippen molar-refractivity contribution in [3.63, 3.8) is 0 Å². The third kappa shape index (κ3) is 6.61. The second-order valence-corrected chi connectivity index (χ2v) is 13.3. The summed E-state index contributed by atoms with van der Waals surface area (Å²) in [6, 6.07) is 14.4. The number of fused-ring (bicyclic) bond motifs is 3. The Morgan fingerprint density at radius 3 is 2.25 bits per heavy atom. The van der Waals surface area contributed by atoms with E-state index in [2.05, 4.69) is 11.1 Å².